The highest BCUT2D eigenvalue weighted by Crippen LogP contribution is 2.26. The van der Waals surface area contributed by atoms with Crippen molar-refractivity contribution in [3.05, 3.63) is 110 Å². The van der Waals surface area contributed by atoms with E-state index in [9.17, 15) is 34.6 Å². The maximum Gasteiger partial charge on any atom is 0.307 e. The number of hydrogen-bond donors (Lipinski definition) is 1. The van der Waals surface area contributed by atoms with Crippen molar-refractivity contribution < 1.29 is 29.0 Å². The molecule has 0 spiro atoms. The number of aryl methyl sites for hydroxylation is 1. The number of nitro groups is 2. The highest BCUT2D eigenvalue weighted by atomic mass is 16.6. The summed E-state index contributed by atoms with van der Waals surface area (Å²) >= 11 is 0. The number of nitrogens with one attached hydrogen (secondary N) is 1. The van der Waals surface area contributed by atoms with Crippen LogP contribution in [0.25, 0.3) is 0 Å². The van der Waals surface area contributed by atoms with Crippen LogP contribution in [-0.4, -0.2) is 27.5 Å². The molecule has 0 aliphatic carbocycles. The molecule has 0 aliphatic heterocycles. The molecule has 3 rings (SSSR count). The Bertz CT molecular complexity index is 1310. The lowest BCUT2D eigenvalue weighted by atomic mass is 9.99. The van der Waals surface area contributed by atoms with Crippen molar-refractivity contribution in [3.8, 4) is 0 Å². The third kappa shape index (κ3) is 6.56. The second kappa shape index (κ2) is 11.5. The molecule has 0 saturated heterocycles. The van der Waals surface area contributed by atoms with Crippen LogP contribution in [0.5, 0.6) is 0 Å². The minimum Gasteiger partial charge on any atom is -0.449 e. The van der Waals surface area contributed by atoms with Crippen LogP contribution in [-0.2, 0) is 14.3 Å². The summed E-state index contributed by atoms with van der Waals surface area (Å²) in [5.41, 5.74) is 1.06. The van der Waals surface area contributed by atoms with E-state index in [1.807, 2.05) is 0 Å². The van der Waals surface area contributed by atoms with Crippen LogP contribution in [0.15, 0.2) is 72.8 Å². The molecule has 0 aliphatic rings. The Hall–Kier alpha value is -4.93. The van der Waals surface area contributed by atoms with Crippen LogP contribution >= 0.6 is 0 Å². The largest absolute Gasteiger partial charge is 0.449 e. The normalized spacial score (nSPS) is 11.2. The van der Waals surface area contributed by atoms with Crippen LogP contribution in [0.3, 0.4) is 0 Å². The summed E-state index contributed by atoms with van der Waals surface area (Å²) in [6, 6.07) is 17.1. The number of ether oxygens (including phenoxy) is 1. The van der Waals surface area contributed by atoms with Gasteiger partial charge in [0.1, 0.15) is 0 Å². The van der Waals surface area contributed by atoms with Crippen molar-refractivity contribution in [2.45, 2.75) is 25.9 Å². The number of rotatable bonds is 10. The fraction of sp³-hybridized carbons (Fsp3) is 0.160. The standard InChI is InChI=1S/C25H21N3O8/c1-16-15-20(28(34)35)11-12-21(16)26-22(29)13-14-23(30)36-25(24(31)17-5-3-2-4-6-17)18-7-9-19(10-8-18)27(32)33/h2-12,15,25H,13-14H2,1H3,(H,26,29)/t25-/m0/s1. The molecule has 1 amide bonds. The molecule has 0 saturated carbocycles. The molecular weight excluding hydrogens is 470 g/mol. The SMILES string of the molecule is Cc1cc([N+](=O)[O-])ccc1NC(=O)CCC(=O)O[C@H](C(=O)c1ccccc1)c1ccc([N+](=O)[O-])cc1. The van der Waals surface area contributed by atoms with Crippen molar-refractivity contribution in [1.29, 1.82) is 0 Å². The van der Waals surface area contributed by atoms with E-state index in [2.05, 4.69) is 5.32 Å². The number of nitro benzene ring substituents is 2. The number of non-ortho nitro benzene ring substituents is 2. The molecular formula is C25H21N3O8. The molecule has 184 valence electrons. The fourth-order valence-corrected chi connectivity index (χ4v) is 3.32. The average molecular weight is 491 g/mol. The number of nitrogens with zero attached hydrogens (tertiary/aromatic N) is 2. The summed E-state index contributed by atoms with van der Waals surface area (Å²) in [4.78, 5) is 58.6. The predicted molar refractivity (Wildman–Crippen MR) is 128 cm³/mol. The molecule has 0 heterocycles. The lowest BCUT2D eigenvalue weighted by Crippen LogP contribution is -2.21. The number of ketones is 1. The van der Waals surface area contributed by atoms with Gasteiger partial charge < -0.3 is 10.1 Å². The molecule has 11 heteroatoms. The Kier molecular flexibility index (Phi) is 8.18. The Balaban J connectivity index is 1.68. The molecule has 36 heavy (non-hydrogen) atoms. The van der Waals surface area contributed by atoms with Crippen LogP contribution in [0, 0.1) is 27.2 Å². The first-order chi connectivity index (χ1) is 17.2. The van der Waals surface area contributed by atoms with E-state index in [-0.39, 0.29) is 35.3 Å². The van der Waals surface area contributed by atoms with Crippen LogP contribution < -0.4 is 5.32 Å². The van der Waals surface area contributed by atoms with E-state index < -0.39 is 33.6 Å². The molecule has 0 radical (unpaired) electrons. The van der Waals surface area contributed by atoms with Gasteiger partial charge >= 0.3 is 5.97 Å². The van der Waals surface area contributed by atoms with Gasteiger partial charge in [-0.3, -0.25) is 34.6 Å². The highest BCUT2D eigenvalue weighted by molar-refractivity contribution is 6.01. The number of Topliss-reactive ketones (excluding diaryl/α,β-unsaturated/α-hetero) is 1. The molecule has 0 unspecified atom stereocenters. The fourth-order valence-electron chi connectivity index (χ4n) is 3.32. The van der Waals surface area contributed by atoms with Crippen molar-refractivity contribution in [3.63, 3.8) is 0 Å². The minimum atomic E-state index is -1.36. The van der Waals surface area contributed by atoms with E-state index >= 15 is 0 Å². The number of anilines is 1. The molecule has 3 aromatic rings. The van der Waals surface area contributed by atoms with E-state index in [0.29, 0.717) is 11.3 Å². The summed E-state index contributed by atoms with van der Waals surface area (Å²) in [7, 11) is 0. The monoisotopic (exact) mass is 491 g/mol. The average Bonchev–Trinajstić information content (AvgIpc) is 2.87. The maximum absolute atomic E-state index is 13.1. The van der Waals surface area contributed by atoms with Gasteiger partial charge in [0.2, 0.25) is 11.7 Å². The summed E-state index contributed by atoms with van der Waals surface area (Å²) in [6.45, 7) is 1.60. The Morgan fingerprint density at radius 1 is 0.861 bits per heavy atom. The zero-order valence-corrected chi connectivity index (χ0v) is 19.1. The number of carbonyl (C=O) groups excluding carboxylic acids is 3. The Morgan fingerprint density at radius 3 is 2.06 bits per heavy atom. The van der Waals surface area contributed by atoms with Crippen molar-refractivity contribution in [1.82, 2.24) is 0 Å². The second-order valence-corrected chi connectivity index (χ2v) is 7.75. The third-order valence-corrected chi connectivity index (χ3v) is 5.20. The molecule has 0 aromatic heterocycles. The van der Waals surface area contributed by atoms with Gasteiger partial charge in [0.05, 0.1) is 16.3 Å². The summed E-state index contributed by atoms with van der Waals surface area (Å²) in [5.74, 6) is -1.87. The van der Waals surface area contributed by atoms with E-state index in [1.54, 1.807) is 37.3 Å². The minimum absolute atomic E-state index is 0.116. The Labute approximate surface area is 205 Å². The molecule has 1 atom stereocenters. The molecule has 0 bridgehead atoms. The van der Waals surface area contributed by atoms with Gasteiger partial charge in [-0.1, -0.05) is 30.3 Å². The van der Waals surface area contributed by atoms with Gasteiger partial charge in [-0.15, -0.1) is 0 Å². The van der Waals surface area contributed by atoms with E-state index in [1.165, 1.54) is 42.5 Å². The van der Waals surface area contributed by atoms with Crippen molar-refractivity contribution in [2.75, 3.05) is 5.32 Å². The molecule has 3 aromatic carbocycles. The number of carbonyl (C=O) groups is 3. The van der Waals surface area contributed by atoms with Gasteiger partial charge in [0, 0.05) is 47.5 Å². The topological polar surface area (TPSA) is 159 Å². The number of benzene rings is 3. The quantitative estimate of drug-likeness (QED) is 0.185. The molecule has 11 nitrogen and oxygen atoms in total. The van der Waals surface area contributed by atoms with Crippen molar-refractivity contribution in [2.24, 2.45) is 0 Å². The van der Waals surface area contributed by atoms with Crippen molar-refractivity contribution >= 4 is 34.7 Å². The lowest BCUT2D eigenvalue weighted by molar-refractivity contribution is -0.385. The summed E-state index contributed by atoms with van der Waals surface area (Å²) < 4.78 is 5.41. The first-order valence-corrected chi connectivity index (χ1v) is 10.7. The predicted octanol–water partition coefficient (Wildman–Crippen LogP) is 4.70. The zero-order chi connectivity index (χ0) is 26.2. The zero-order valence-electron chi connectivity index (χ0n) is 19.1. The van der Waals surface area contributed by atoms with Crippen LogP contribution in [0.1, 0.15) is 40.4 Å². The first-order valence-electron chi connectivity index (χ1n) is 10.7. The van der Waals surface area contributed by atoms with E-state index in [0.717, 1.165) is 0 Å². The number of esters is 1. The third-order valence-electron chi connectivity index (χ3n) is 5.20. The first kappa shape index (κ1) is 25.7. The molecule has 0 fully saturated rings. The number of amides is 1. The lowest BCUT2D eigenvalue weighted by Gasteiger charge is -2.17. The van der Waals surface area contributed by atoms with Crippen LogP contribution in [0.2, 0.25) is 0 Å². The van der Waals surface area contributed by atoms with Gasteiger partial charge in [0.25, 0.3) is 11.4 Å². The van der Waals surface area contributed by atoms with Gasteiger partial charge in [-0.25, -0.2) is 0 Å². The second-order valence-electron chi connectivity index (χ2n) is 7.75. The van der Waals surface area contributed by atoms with Gasteiger partial charge in [0.15, 0.2) is 6.10 Å². The number of hydrogen-bond acceptors (Lipinski definition) is 8. The van der Waals surface area contributed by atoms with Gasteiger partial charge in [-0.05, 0) is 30.7 Å². The highest BCUT2D eigenvalue weighted by Gasteiger charge is 2.27. The Morgan fingerprint density at radius 2 is 1.47 bits per heavy atom. The molecule has 1 N–H and O–H groups in total. The van der Waals surface area contributed by atoms with Gasteiger partial charge in [-0.2, -0.15) is 0 Å². The summed E-state index contributed by atoms with van der Waals surface area (Å²) in [5, 5.41) is 24.4. The summed E-state index contributed by atoms with van der Waals surface area (Å²) in [6.07, 6.45) is -1.97. The maximum atomic E-state index is 13.1. The smallest absolute Gasteiger partial charge is 0.307 e. The van der Waals surface area contributed by atoms with E-state index in [4.69, 9.17) is 4.74 Å². The van der Waals surface area contributed by atoms with Crippen LogP contribution in [0.4, 0.5) is 17.1 Å².